The Bertz CT molecular complexity index is 436. The van der Waals surface area contributed by atoms with E-state index < -0.39 is 5.41 Å². The lowest BCUT2D eigenvalue weighted by atomic mass is 9.79. The average Bonchev–Trinajstić information content (AvgIpc) is 2.89. The van der Waals surface area contributed by atoms with Crippen LogP contribution in [-0.4, -0.2) is 37.6 Å². The summed E-state index contributed by atoms with van der Waals surface area (Å²) < 4.78 is 5.72. The highest BCUT2D eigenvalue weighted by atomic mass is 16.5. The molecule has 0 bridgehead atoms. The van der Waals surface area contributed by atoms with Gasteiger partial charge in [-0.05, 0) is 39.4 Å². The van der Waals surface area contributed by atoms with E-state index in [2.05, 4.69) is 12.1 Å². The number of benzene rings is 1. The van der Waals surface area contributed by atoms with Gasteiger partial charge in [-0.15, -0.1) is 0 Å². The second-order valence-corrected chi connectivity index (χ2v) is 6.13. The zero-order valence-corrected chi connectivity index (χ0v) is 12.8. The van der Waals surface area contributed by atoms with E-state index in [1.54, 1.807) is 0 Å². The maximum Gasteiger partial charge on any atom is 0.316 e. The highest BCUT2D eigenvalue weighted by molar-refractivity contribution is 5.83. The molecule has 1 saturated carbocycles. The molecule has 110 valence electrons. The van der Waals surface area contributed by atoms with E-state index in [4.69, 9.17) is 4.74 Å². The van der Waals surface area contributed by atoms with Crippen molar-refractivity contribution in [3.63, 3.8) is 0 Å². The lowest BCUT2D eigenvalue weighted by Gasteiger charge is -2.29. The number of hydrogen-bond acceptors (Lipinski definition) is 3. The van der Waals surface area contributed by atoms with Gasteiger partial charge in [-0.25, -0.2) is 0 Å². The van der Waals surface area contributed by atoms with Crippen LogP contribution in [0.25, 0.3) is 0 Å². The molecule has 0 spiro atoms. The van der Waals surface area contributed by atoms with Crippen molar-refractivity contribution < 1.29 is 9.53 Å². The van der Waals surface area contributed by atoms with E-state index in [0.717, 1.165) is 37.8 Å². The molecule has 2 rings (SSSR count). The summed E-state index contributed by atoms with van der Waals surface area (Å²) in [6.45, 7) is 2.72. The highest BCUT2D eigenvalue weighted by Crippen LogP contribution is 2.42. The molecular weight excluding hydrogens is 250 g/mol. The van der Waals surface area contributed by atoms with Crippen LogP contribution in [0.2, 0.25) is 0 Å². The smallest absolute Gasteiger partial charge is 0.316 e. The zero-order chi connectivity index (χ0) is 14.6. The molecule has 1 fully saturated rings. The van der Waals surface area contributed by atoms with Crippen molar-refractivity contribution in [3.8, 4) is 0 Å². The minimum Gasteiger partial charge on any atom is -0.461 e. The lowest BCUT2D eigenvalue weighted by molar-refractivity contribution is -0.155. The number of carbonyl (C=O) groups excluding carboxylic acids is 1. The second kappa shape index (κ2) is 6.40. The van der Waals surface area contributed by atoms with Crippen LogP contribution in [0, 0.1) is 0 Å². The molecule has 20 heavy (non-hydrogen) atoms. The molecule has 0 amide bonds. The van der Waals surface area contributed by atoms with Crippen LogP contribution in [0.4, 0.5) is 0 Å². The van der Waals surface area contributed by atoms with Crippen molar-refractivity contribution in [2.45, 2.75) is 44.1 Å². The molecule has 0 radical (unpaired) electrons. The van der Waals surface area contributed by atoms with Gasteiger partial charge in [0, 0.05) is 6.54 Å². The SMILES string of the molecule is C[C@@H](CN(C)C)OC(=O)C1(c2ccccc2)CCCC1. The standard InChI is InChI=1S/C17H25NO2/c1-14(13-18(2)3)20-16(19)17(11-7-8-12-17)15-9-5-4-6-10-15/h4-6,9-10,14H,7-8,11-13H2,1-3H3/t14-/m0/s1. The zero-order valence-electron chi connectivity index (χ0n) is 12.8. The average molecular weight is 275 g/mol. The van der Waals surface area contributed by atoms with Gasteiger partial charge in [0.1, 0.15) is 6.10 Å². The molecule has 1 aliphatic rings. The summed E-state index contributed by atoms with van der Waals surface area (Å²) in [4.78, 5) is 14.8. The Morgan fingerprint density at radius 2 is 1.85 bits per heavy atom. The number of carbonyl (C=O) groups is 1. The number of esters is 1. The van der Waals surface area contributed by atoms with E-state index >= 15 is 0 Å². The van der Waals surface area contributed by atoms with Crippen molar-refractivity contribution in [1.29, 1.82) is 0 Å². The van der Waals surface area contributed by atoms with Crippen molar-refractivity contribution in [2.24, 2.45) is 0 Å². The first-order valence-electron chi connectivity index (χ1n) is 7.46. The predicted molar refractivity (Wildman–Crippen MR) is 80.7 cm³/mol. The van der Waals surface area contributed by atoms with Gasteiger partial charge in [-0.2, -0.15) is 0 Å². The Kier molecular flexibility index (Phi) is 4.81. The van der Waals surface area contributed by atoms with Gasteiger partial charge in [0.05, 0.1) is 5.41 Å². The summed E-state index contributed by atoms with van der Waals surface area (Å²) >= 11 is 0. The predicted octanol–water partition coefficient (Wildman–Crippen LogP) is 2.99. The number of nitrogens with zero attached hydrogens (tertiary/aromatic N) is 1. The quantitative estimate of drug-likeness (QED) is 0.774. The van der Waals surface area contributed by atoms with Crippen molar-refractivity contribution in [3.05, 3.63) is 35.9 Å². The molecule has 1 atom stereocenters. The minimum absolute atomic E-state index is 0.0458. The van der Waals surface area contributed by atoms with E-state index in [-0.39, 0.29) is 12.1 Å². The molecule has 3 heteroatoms. The molecular formula is C17H25NO2. The van der Waals surface area contributed by atoms with Crippen LogP contribution in [0.1, 0.15) is 38.2 Å². The van der Waals surface area contributed by atoms with Crippen LogP contribution >= 0.6 is 0 Å². The summed E-state index contributed by atoms with van der Waals surface area (Å²) in [6, 6.07) is 10.1. The first kappa shape index (κ1) is 15.0. The third kappa shape index (κ3) is 3.21. The first-order chi connectivity index (χ1) is 9.54. The van der Waals surface area contributed by atoms with Gasteiger partial charge in [0.2, 0.25) is 0 Å². The molecule has 0 unspecified atom stereocenters. The monoisotopic (exact) mass is 275 g/mol. The maximum atomic E-state index is 12.7. The molecule has 3 nitrogen and oxygen atoms in total. The summed E-state index contributed by atoms with van der Waals surface area (Å²) in [5, 5.41) is 0. The Hall–Kier alpha value is -1.35. The third-order valence-electron chi connectivity index (χ3n) is 4.10. The summed E-state index contributed by atoms with van der Waals surface area (Å²) in [6.07, 6.45) is 3.95. The second-order valence-electron chi connectivity index (χ2n) is 6.13. The summed E-state index contributed by atoms with van der Waals surface area (Å²) in [5.41, 5.74) is 0.696. The fraction of sp³-hybridized carbons (Fsp3) is 0.588. The normalized spacial score (nSPS) is 19.0. The van der Waals surface area contributed by atoms with Crippen LogP contribution in [0.15, 0.2) is 30.3 Å². The number of rotatable bonds is 5. The van der Waals surface area contributed by atoms with E-state index in [9.17, 15) is 4.79 Å². The fourth-order valence-corrected chi connectivity index (χ4v) is 3.19. The van der Waals surface area contributed by atoms with E-state index in [0.29, 0.717) is 0 Å². The molecule has 0 heterocycles. The van der Waals surface area contributed by atoms with Gasteiger partial charge in [0.25, 0.3) is 0 Å². The molecule has 1 aromatic carbocycles. The number of hydrogen-bond donors (Lipinski definition) is 0. The van der Waals surface area contributed by atoms with Crippen molar-refractivity contribution >= 4 is 5.97 Å². The van der Waals surface area contributed by atoms with E-state index in [1.165, 1.54) is 0 Å². The Morgan fingerprint density at radius 3 is 2.40 bits per heavy atom. The topological polar surface area (TPSA) is 29.5 Å². The van der Waals surface area contributed by atoms with Crippen molar-refractivity contribution in [2.75, 3.05) is 20.6 Å². The minimum atomic E-state index is -0.415. The van der Waals surface area contributed by atoms with Gasteiger partial charge < -0.3 is 9.64 Å². The molecule has 1 aliphatic carbocycles. The molecule has 1 aromatic rings. The Labute approximate surface area is 121 Å². The maximum absolute atomic E-state index is 12.7. The molecule has 0 aliphatic heterocycles. The molecule has 0 N–H and O–H groups in total. The van der Waals surface area contributed by atoms with Crippen LogP contribution in [0.5, 0.6) is 0 Å². The number of ether oxygens (including phenoxy) is 1. The Morgan fingerprint density at radius 1 is 1.25 bits per heavy atom. The first-order valence-corrected chi connectivity index (χ1v) is 7.46. The van der Waals surface area contributed by atoms with Gasteiger partial charge >= 0.3 is 5.97 Å². The number of likely N-dealkylation sites (N-methyl/N-ethyl adjacent to an activating group) is 1. The summed E-state index contributed by atoms with van der Waals surface area (Å²) in [7, 11) is 3.99. The highest BCUT2D eigenvalue weighted by Gasteiger charge is 2.44. The Balaban J connectivity index is 2.15. The van der Waals surface area contributed by atoms with Crippen LogP contribution < -0.4 is 0 Å². The van der Waals surface area contributed by atoms with Crippen LogP contribution in [0.3, 0.4) is 0 Å². The molecule has 0 saturated heterocycles. The van der Waals surface area contributed by atoms with Gasteiger partial charge in [0.15, 0.2) is 0 Å². The summed E-state index contributed by atoms with van der Waals surface area (Å²) in [5.74, 6) is -0.0458. The van der Waals surface area contributed by atoms with E-state index in [1.807, 2.05) is 44.1 Å². The fourth-order valence-electron chi connectivity index (χ4n) is 3.19. The molecule has 0 aromatic heterocycles. The van der Waals surface area contributed by atoms with Crippen molar-refractivity contribution in [1.82, 2.24) is 4.90 Å². The lowest BCUT2D eigenvalue weighted by Crippen LogP contribution is -2.38. The largest absolute Gasteiger partial charge is 0.461 e. The third-order valence-corrected chi connectivity index (χ3v) is 4.10. The van der Waals surface area contributed by atoms with Gasteiger partial charge in [-0.1, -0.05) is 43.2 Å². The van der Waals surface area contributed by atoms with Crippen LogP contribution in [-0.2, 0) is 14.9 Å². The van der Waals surface area contributed by atoms with Gasteiger partial charge in [-0.3, -0.25) is 4.79 Å².